The number of nitrogen functional groups attached to an aromatic ring is 1. The highest BCUT2D eigenvalue weighted by Gasteiger charge is 2.19. The Morgan fingerprint density at radius 1 is 1.58 bits per heavy atom. The molecule has 1 heterocycles. The largest absolute Gasteiger partial charge is 0.399 e. The highest BCUT2D eigenvalue weighted by Crippen LogP contribution is 2.18. The van der Waals surface area contributed by atoms with E-state index in [2.05, 4.69) is 23.2 Å². The molecular weight excluding hydrogens is 240 g/mol. The fourth-order valence-corrected chi connectivity index (χ4v) is 2.22. The lowest BCUT2D eigenvalue weighted by Crippen LogP contribution is -2.45. The van der Waals surface area contributed by atoms with E-state index in [0.717, 1.165) is 31.9 Å². The highest BCUT2D eigenvalue weighted by atomic mass is 16.5. The van der Waals surface area contributed by atoms with E-state index >= 15 is 0 Å². The zero-order chi connectivity index (χ0) is 13.7. The van der Waals surface area contributed by atoms with Gasteiger partial charge in [0.25, 0.3) is 0 Å². The molecule has 1 aromatic rings. The molecule has 1 fully saturated rings. The molecule has 102 valence electrons. The summed E-state index contributed by atoms with van der Waals surface area (Å²) in [6.07, 6.45) is 0.165. The molecule has 0 amide bonds. The molecule has 0 aliphatic carbocycles. The van der Waals surface area contributed by atoms with Gasteiger partial charge in [0, 0.05) is 25.3 Å². The van der Waals surface area contributed by atoms with Crippen LogP contribution in [0.1, 0.15) is 12.5 Å². The van der Waals surface area contributed by atoms with E-state index < -0.39 is 0 Å². The van der Waals surface area contributed by atoms with Crippen molar-refractivity contribution in [3.05, 3.63) is 23.8 Å². The van der Waals surface area contributed by atoms with Gasteiger partial charge >= 0.3 is 0 Å². The molecule has 5 nitrogen and oxygen atoms in total. The van der Waals surface area contributed by atoms with E-state index in [1.54, 1.807) is 12.1 Å². The molecule has 1 aliphatic rings. The topological polar surface area (TPSA) is 74.3 Å². The molecule has 1 atom stereocenters. The minimum Gasteiger partial charge on any atom is -0.399 e. The Morgan fingerprint density at radius 2 is 2.42 bits per heavy atom. The van der Waals surface area contributed by atoms with Gasteiger partial charge < -0.3 is 15.8 Å². The molecule has 1 unspecified atom stereocenters. The van der Waals surface area contributed by atoms with Crippen molar-refractivity contribution in [3.63, 3.8) is 0 Å². The van der Waals surface area contributed by atoms with Crippen LogP contribution in [-0.2, 0) is 4.74 Å². The van der Waals surface area contributed by atoms with Crippen LogP contribution >= 0.6 is 0 Å². The monoisotopic (exact) mass is 260 g/mol. The second-order valence-corrected chi connectivity index (χ2v) is 4.68. The Balaban J connectivity index is 1.93. The molecule has 0 bridgehead atoms. The zero-order valence-electron chi connectivity index (χ0n) is 11.2. The van der Waals surface area contributed by atoms with Crippen molar-refractivity contribution in [1.29, 1.82) is 5.26 Å². The lowest BCUT2D eigenvalue weighted by Gasteiger charge is -2.32. The number of anilines is 2. The molecule has 0 spiro atoms. The summed E-state index contributed by atoms with van der Waals surface area (Å²) in [5.74, 6) is 0. The number of nitrogens with one attached hydrogen (secondary N) is 1. The lowest BCUT2D eigenvalue weighted by molar-refractivity contribution is -0.0191. The van der Waals surface area contributed by atoms with Gasteiger partial charge in [0.1, 0.15) is 6.07 Å². The van der Waals surface area contributed by atoms with Gasteiger partial charge in [-0.2, -0.15) is 5.26 Å². The first kappa shape index (κ1) is 13.7. The first-order chi connectivity index (χ1) is 9.22. The molecule has 0 saturated carbocycles. The lowest BCUT2D eigenvalue weighted by atomic mass is 10.1. The normalized spacial score (nSPS) is 19.9. The second-order valence-electron chi connectivity index (χ2n) is 4.68. The van der Waals surface area contributed by atoms with Crippen LogP contribution in [0.3, 0.4) is 0 Å². The fourth-order valence-electron chi connectivity index (χ4n) is 2.22. The van der Waals surface area contributed by atoms with Gasteiger partial charge in [-0.1, -0.05) is 6.92 Å². The minimum atomic E-state index is 0.165. The third-order valence-electron chi connectivity index (χ3n) is 3.35. The molecule has 5 heteroatoms. The van der Waals surface area contributed by atoms with Crippen molar-refractivity contribution in [2.45, 2.75) is 13.0 Å². The van der Waals surface area contributed by atoms with Gasteiger partial charge in [-0.15, -0.1) is 0 Å². The number of hydrogen-bond donors (Lipinski definition) is 2. The van der Waals surface area contributed by atoms with Crippen molar-refractivity contribution >= 4 is 11.4 Å². The first-order valence-electron chi connectivity index (χ1n) is 6.60. The Morgan fingerprint density at radius 3 is 3.16 bits per heavy atom. The van der Waals surface area contributed by atoms with Crippen molar-refractivity contribution in [1.82, 2.24) is 4.90 Å². The van der Waals surface area contributed by atoms with Gasteiger partial charge in [0.15, 0.2) is 0 Å². The first-order valence-corrected chi connectivity index (χ1v) is 6.60. The van der Waals surface area contributed by atoms with Crippen LogP contribution in [0, 0.1) is 11.3 Å². The standard InChI is InChI=1S/C14H20N4O/c1-2-18-5-6-19-13(10-18)9-17-14-4-3-12(16)7-11(14)8-15/h3-4,7,13,17H,2,5-6,9-10,16H2,1H3. The number of likely N-dealkylation sites (N-methyl/N-ethyl adjacent to an activating group) is 1. The number of rotatable bonds is 4. The number of benzene rings is 1. The predicted octanol–water partition coefficient (Wildman–Crippen LogP) is 1.27. The van der Waals surface area contributed by atoms with Gasteiger partial charge in [-0.05, 0) is 24.7 Å². The summed E-state index contributed by atoms with van der Waals surface area (Å²) in [5, 5.41) is 12.4. The number of hydrogen-bond acceptors (Lipinski definition) is 5. The highest BCUT2D eigenvalue weighted by molar-refractivity contribution is 5.62. The maximum absolute atomic E-state index is 9.07. The van der Waals surface area contributed by atoms with E-state index in [4.69, 9.17) is 15.7 Å². The van der Waals surface area contributed by atoms with Crippen LogP contribution in [0.25, 0.3) is 0 Å². The average molecular weight is 260 g/mol. The van der Waals surface area contributed by atoms with Crippen LogP contribution in [0.2, 0.25) is 0 Å². The van der Waals surface area contributed by atoms with Crippen LogP contribution in [0.15, 0.2) is 18.2 Å². The van der Waals surface area contributed by atoms with Crippen LogP contribution < -0.4 is 11.1 Å². The summed E-state index contributed by atoms with van der Waals surface area (Å²) in [6.45, 7) is 6.61. The van der Waals surface area contributed by atoms with Gasteiger partial charge in [0.05, 0.1) is 24.0 Å². The van der Waals surface area contributed by atoms with Gasteiger partial charge in [0.2, 0.25) is 0 Å². The Hall–Kier alpha value is -1.77. The summed E-state index contributed by atoms with van der Waals surface area (Å²) in [4.78, 5) is 2.37. The second kappa shape index (κ2) is 6.41. The molecule has 19 heavy (non-hydrogen) atoms. The molecule has 2 rings (SSSR count). The maximum atomic E-state index is 9.07. The Bertz CT molecular complexity index is 469. The van der Waals surface area contributed by atoms with Crippen molar-refractivity contribution < 1.29 is 4.74 Å². The quantitative estimate of drug-likeness (QED) is 0.798. The maximum Gasteiger partial charge on any atom is 0.101 e. The number of ether oxygens (including phenoxy) is 1. The summed E-state index contributed by atoms with van der Waals surface area (Å²) in [6, 6.07) is 7.47. The van der Waals surface area contributed by atoms with E-state index in [1.807, 2.05) is 6.07 Å². The number of nitrogens with two attached hydrogens (primary N) is 1. The third-order valence-corrected chi connectivity index (χ3v) is 3.35. The number of nitrogens with zero attached hydrogens (tertiary/aromatic N) is 2. The molecular formula is C14H20N4O. The van der Waals surface area contributed by atoms with Gasteiger partial charge in [-0.3, -0.25) is 4.90 Å². The van der Waals surface area contributed by atoms with Crippen molar-refractivity contribution in [2.24, 2.45) is 0 Å². The number of morpholine rings is 1. The number of nitriles is 1. The zero-order valence-corrected chi connectivity index (χ0v) is 11.2. The van der Waals surface area contributed by atoms with Gasteiger partial charge in [-0.25, -0.2) is 0 Å². The summed E-state index contributed by atoms with van der Waals surface area (Å²) in [5.41, 5.74) is 7.66. The molecule has 1 aliphatic heterocycles. The van der Waals surface area contributed by atoms with Crippen molar-refractivity contribution in [2.75, 3.05) is 43.8 Å². The SMILES string of the molecule is CCN1CCOC(CNc2ccc(N)cc2C#N)C1. The molecule has 1 saturated heterocycles. The third kappa shape index (κ3) is 3.60. The van der Waals surface area contributed by atoms with Crippen LogP contribution in [0.4, 0.5) is 11.4 Å². The molecule has 1 aromatic carbocycles. The van der Waals surface area contributed by atoms with Crippen LogP contribution in [-0.4, -0.2) is 43.8 Å². The van der Waals surface area contributed by atoms with Crippen molar-refractivity contribution in [3.8, 4) is 6.07 Å². The molecule has 3 N–H and O–H groups in total. The smallest absolute Gasteiger partial charge is 0.101 e. The van der Waals surface area contributed by atoms with E-state index in [9.17, 15) is 0 Å². The fraction of sp³-hybridized carbons (Fsp3) is 0.500. The Labute approximate surface area is 114 Å². The van der Waals surface area contributed by atoms with E-state index in [1.165, 1.54) is 0 Å². The van der Waals surface area contributed by atoms with E-state index in [0.29, 0.717) is 17.8 Å². The molecule has 0 radical (unpaired) electrons. The summed E-state index contributed by atoms with van der Waals surface area (Å²) in [7, 11) is 0. The average Bonchev–Trinajstić information content (AvgIpc) is 2.46. The summed E-state index contributed by atoms with van der Waals surface area (Å²) < 4.78 is 5.72. The van der Waals surface area contributed by atoms with E-state index in [-0.39, 0.29) is 6.10 Å². The summed E-state index contributed by atoms with van der Waals surface area (Å²) >= 11 is 0. The Kier molecular flexibility index (Phi) is 4.61. The predicted molar refractivity (Wildman–Crippen MR) is 75.9 cm³/mol. The molecule has 0 aromatic heterocycles. The minimum absolute atomic E-state index is 0.165. The van der Waals surface area contributed by atoms with Crippen LogP contribution in [0.5, 0.6) is 0 Å².